The van der Waals surface area contributed by atoms with Gasteiger partial charge in [-0.15, -0.1) is 11.3 Å². The highest BCUT2D eigenvalue weighted by Crippen LogP contribution is 2.39. The molecule has 0 amide bonds. The Hall–Kier alpha value is -1.83. The van der Waals surface area contributed by atoms with E-state index in [-0.39, 0.29) is 26.0 Å². The highest BCUT2D eigenvalue weighted by Gasteiger charge is 2.34. The Labute approximate surface area is 154 Å². The number of fused-ring (bicyclic) bond motifs is 1. The lowest BCUT2D eigenvalue weighted by atomic mass is 10.1. The summed E-state index contributed by atoms with van der Waals surface area (Å²) in [5, 5.41) is 0.833. The van der Waals surface area contributed by atoms with Gasteiger partial charge in [0.25, 0.3) is 0 Å². The molecule has 3 rings (SSSR count). The molecule has 0 aliphatic carbocycles. The molecule has 0 unspecified atom stereocenters. The molecule has 130 valence electrons. The number of hydrogen-bond acceptors (Lipinski definition) is 4. The van der Waals surface area contributed by atoms with E-state index in [4.69, 9.17) is 28.9 Å². The van der Waals surface area contributed by atoms with Crippen LogP contribution >= 0.6 is 34.5 Å². The standard InChI is InChI=1S/C16H9Cl2F3N2OS/c1-6-4-10(16(19,20)21)23-15-11(6)12(22)14(25-15)13(24)8-3-2-7(17)5-9(8)18/h2-5H,22H2,1H3. The Bertz CT molecular complexity index is 1010. The number of aromatic nitrogens is 1. The number of nitrogens with two attached hydrogens (primary N) is 1. The molecule has 2 heterocycles. The number of hydrogen-bond donors (Lipinski definition) is 1. The number of ketones is 1. The van der Waals surface area contributed by atoms with Crippen molar-refractivity contribution in [1.82, 2.24) is 4.98 Å². The van der Waals surface area contributed by atoms with Crippen molar-refractivity contribution < 1.29 is 18.0 Å². The van der Waals surface area contributed by atoms with Gasteiger partial charge in [0.2, 0.25) is 5.78 Å². The summed E-state index contributed by atoms with van der Waals surface area (Å²) in [4.78, 5) is 16.5. The number of halogens is 5. The van der Waals surface area contributed by atoms with Crippen LogP contribution in [0.4, 0.5) is 18.9 Å². The molecule has 9 heteroatoms. The summed E-state index contributed by atoms with van der Waals surface area (Å²) < 4.78 is 38.8. The maximum atomic E-state index is 12.9. The third-order valence-corrected chi connectivity index (χ3v) is 5.21. The number of nitrogen functional groups attached to an aromatic ring is 1. The average Bonchev–Trinajstić information content (AvgIpc) is 2.83. The third-order valence-electron chi connectivity index (χ3n) is 3.57. The summed E-state index contributed by atoms with van der Waals surface area (Å²) in [7, 11) is 0. The zero-order valence-corrected chi connectivity index (χ0v) is 14.9. The fraction of sp³-hybridized carbons (Fsp3) is 0.125. The van der Waals surface area contributed by atoms with Crippen molar-refractivity contribution in [2.45, 2.75) is 13.1 Å². The molecule has 1 aromatic carbocycles. The van der Waals surface area contributed by atoms with Crippen molar-refractivity contribution in [3.8, 4) is 0 Å². The van der Waals surface area contributed by atoms with Crippen LogP contribution in [0.5, 0.6) is 0 Å². The number of carbonyl (C=O) groups excluding carboxylic acids is 1. The van der Waals surface area contributed by atoms with E-state index in [1.165, 1.54) is 25.1 Å². The predicted molar refractivity (Wildman–Crippen MR) is 93.7 cm³/mol. The number of nitrogens with zero attached hydrogens (tertiary/aromatic N) is 1. The highest BCUT2D eigenvalue weighted by molar-refractivity contribution is 7.21. The Morgan fingerprint density at radius 3 is 2.52 bits per heavy atom. The van der Waals surface area contributed by atoms with Gasteiger partial charge >= 0.3 is 6.18 Å². The number of alkyl halides is 3. The van der Waals surface area contributed by atoms with Crippen LogP contribution in [0, 0.1) is 6.92 Å². The van der Waals surface area contributed by atoms with E-state index < -0.39 is 17.7 Å². The second-order valence-electron chi connectivity index (χ2n) is 5.30. The van der Waals surface area contributed by atoms with Crippen molar-refractivity contribution in [2.75, 3.05) is 5.73 Å². The molecule has 3 aromatic rings. The number of pyridine rings is 1. The molecule has 0 saturated heterocycles. The van der Waals surface area contributed by atoms with Gasteiger partial charge in [-0.25, -0.2) is 4.98 Å². The number of carbonyl (C=O) groups is 1. The zero-order chi connectivity index (χ0) is 18.5. The van der Waals surface area contributed by atoms with Crippen LogP contribution in [-0.4, -0.2) is 10.8 Å². The lowest BCUT2D eigenvalue weighted by Gasteiger charge is -2.07. The van der Waals surface area contributed by atoms with Gasteiger partial charge in [-0.2, -0.15) is 13.2 Å². The SMILES string of the molecule is Cc1cc(C(F)(F)F)nc2sc(C(=O)c3ccc(Cl)cc3Cl)c(N)c12. The minimum atomic E-state index is -4.58. The van der Waals surface area contributed by atoms with Gasteiger partial charge in [-0.05, 0) is 36.8 Å². The first-order chi connectivity index (χ1) is 11.6. The second kappa shape index (κ2) is 6.16. The normalized spacial score (nSPS) is 11.9. The van der Waals surface area contributed by atoms with Crippen molar-refractivity contribution in [3.63, 3.8) is 0 Å². The zero-order valence-electron chi connectivity index (χ0n) is 12.5. The molecule has 2 aromatic heterocycles. The number of anilines is 1. The molecule has 0 bridgehead atoms. The smallest absolute Gasteiger partial charge is 0.397 e. The van der Waals surface area contributed by atoms with Gasteiger partial charge in [-0.3, -0.25) is 4.79 Å². The summed E-state index contributed by atoms with van der Waals surface area (Å²) in [5.74, 6) is -0.491. The first-order valence-corrected chi connectivity index (χ1v) is 8.43. The van der Waals surface area contributed by atoms with E-state index in [0.717, 1.165) is 17.4 Å². The van der Waals surface area contributed by atoms with E-state index in [9.17, 15) is 18.0 Å². The average molecular weight is 405 g/mol. The molecular weight excluding hydrogens is 396 g/mol. The van der Waals surface area contributed by atoms with Crippen LogP contribution in [-0.2, 0) is 6.18 Å². The van der Waals surface area contributed by atoms with Crippen molar-refractivity contribution >= 4 is 56.2 Å². The first kappa shape index (κ1) is 18.0. The van der Waals surface area contributed by atoms with Crippen LogP contribution in [0.2, 0.25) is 10.0 Å². The van der Waals surface area contributed by atoms with E-state index in [2.05, 4.69) is 4.98 Å². The summed E-state index contributed by atoms with van der Waals surface area (Å²) in [6.45, 7) is 1.49. The number of aryl methyl sites for hydroxylation is 1. The van der Waals surface area contributed by atoms with E-state index in [1.54, 1.807) is 0 Å². The minimum absolute atomic E-state index is 0.0539. The molecule has 0 atom stereocenters. The van der Waals surface area contributed by atoms with E-state index >= 15 is 0 Å². The topological polar surface area (TPSA) is 56.0 Å². The number of rotatable bonds is 2. The molecule has 25 heavy (non-hydrogen) atoms. The molecule has 0 aliphatic rings. The summed E-state index contributed by atoms with van der Waals surface area (Å²) in [5.41, 5.74) is 5.55. The fourth-order valence-electron chi connectivity index (χ4n) is 2.42. The molecule has 3 nitrogen and oxygen atoms in total. The monoisotopic (exact) mass is 404 g/mol. The molecule has 0 spiro atoms. The van der Waals surface area contributed by atoms with Crippen LogP contribution in [0.3, 0.4) is 0 Å². The molecular formula is C16H9Cl2F3N2OS. The predicted octanol–water partition coefficient (Wildman–Crippen LogP) is 5.74. The van der Waals surface area contributed by atoms with Gasteiger partial charge in [-0.1, -0.05) is 23.2 Å². The Morgan fingerprint density at radius 2 is 1.92 bits per heavy atom. The highest BCUT2D eigenvalue weighted by atomic mass is 35.5. The van der Waals surface area contributed by atoms with Gasteiger partial charge in [0.1, 0.15) is 15.4 Å². The quantitative estimate of drug-likeness (QED) is 0.553. The summed E-state index contributed by atoms with van der Waals surface area (Å²) in [6, 6.07) is 5.26. The molecule has 0 aliphatic heterocycles. The second-order valence-corrected chi connectivity index (χ2v) is 7.14. The van der Waals surface area contributed by atoms with Gasteiger partial charge in [0.05, 0.1) is 10.7 Å². The fourth-order valence-corrected chi connectivity index (χ4v) is 4.04. The largest absolute Gasteiger partial charge is 0.433 e. The maximum Gasteiger partial charge on any atom is 0.433 e. The number of thiophene rings is 1. The maximum absolute atomic E-state index is 12.9. The van der Waals surface area contributed by atoms with E-state index in [0.29, 0.717) is 16.0 Å². The lowest BCUT2D eigenvalue weighted by Crippen LogP contribution is -2.08. The molecule has 0 saturated carbocycles. The lowest BCUT2D eigenvalue weighted by molar-refractivity contribution is -0.141. The van der Waals surface area contributed by atoms with Crippen molar-refractivity contribution in [2.24, 2.45) is 0 Å². The molecule has 0 radical (unpaired) electrons. The number of benzene rings is 1. The summed E-state index contributed by atoms with van der Waals surface area (Å²) in [6.07, 6.45) is -4.58. The van der Waals surface area contributed by atoms with Crippen LogP contribution < -0.4 is 5.73 Å². The Balaban J connectivity index is 2.19. The Morgan fingerprint density at radius 1 is 1.24 bits per heavy atom. The minimum Gasteiger partial charge on any atom is -0.397 e. The van der Waals surface area contributed by atoms with Gasteiger partial charge in [0.15, 0.2) is 0 Å². The Kier molecular flexibility index (Phi) is 4.43. The van der Waals surface area contributed by atoms with Gasteiger partial charge < -0.3 is 5.73 Å². The van der Waals surface area contributed by atoms with Crippen molar-refractivity contribution in [3.05, 3.63) is 56.0 Å². The third kappa shape index (κ3) is 3.19. The van der Waals surface area contributed by atoms with Crippen LogP contribution in [0.1, 0.15) is 26.5 Å². The summed E-state index contributed by atoms with van der Waals surface area (Å²) >= 11 is 12.7. The van der Waals surface area contributed by atoms with Crippen LogP contribution in [0.15, 0.2) is 24.3 Å². The van der Waals surface area contributed by atoms with E-state index in [1.807, 2.05) is 0 Å². The van der Waals surface area contributed by atoms with Gasteiger partial charge in [0, 0.05) is 16.0 Å². The molecule has 2 N–H and O–H groups in total. The first-order valence-electron chi connectivity index (χ1n) is 6.86. The van der Waals surface area contributed by atoms with Crippen LogP contribution in [0.25, 0.3) is 10.2 Å². The van der Waals surface area contributed by atoms with Crippen molar-refractivity contribution in [1.29, 1.82) is 0 Å². The molecule has 0 fully saturated rings.